The van der Waals surface area contributed by atoms with Gasteiger partial charge in [0, 0.05) is 21.7 Å². The van der Waals surface area contributed by atoms with Gasteiger partial charge in [-0.1, -0.05) is 0 Å². The Morgan fingerprint density at radius 1 is 1.25 bits per heavy atom. The van der Waals surface area contributed by atoms with E-state index in [1.807, 2.05) is 0 Å². The third kappa shape index (κ3) is 8.84. The van der Waals surface area contributed by atoms with Crippen LogP contribution in [0.4, 0.5) is 0 Å². The van der Waals surface area contributed by atoms with E-state index < -0.39 is 0 Å². The van der Waals surface area contributed by atoms with E-state index in [0.29, 0.717) is 0 Å². The monoisotopic (exact) mass is 182 g/mol. The first-order chi connectivity index (χ1) is 1.00. The third-order valence-electron chi connectivity index (χ3n) is 0. The molecule has 4 heavy (non-hydrogen) atoms. The zero-order valence-electron chi connectivity index (χ0n) is 2.08. The van der Waals surface area contributed by atoms with Gasteiger partial charge in [0.1, 0.15) is 0 Å². The van der Waals surface area contributed by atoms with Gasteiger partial charge in [0.2, 0.25) is 0 Å². The molecule has 0 aliphatic carbocycles. The van der Waals surface area contributed by atoms with Gasteiger partial charge in [0.15, 0.2) is 17.4 Å². The Hall–Kier alpha value is 2.35. The Morgan fingerprint density at radius 2 is 1.25 bits per heavy atom. The van der Waals surface area contributed by atoms with Gasteiger partial charge in [-0.2, -0.15) is 0 Å². The average molecular weight is 182 g/mol. The zero-order chi connectivity index (χ0) is 2.00. The Bertz CT molecular complexity index is 8.00. The van der Waals surface area contributed by atoms with Crippen LogP contribution < -0.4 is 0 Å². The second-order valence-corrected chi connectivity index (χ2v) is 0. The molecule has 0 aromatic carbocycles. The summed E-state index contributed by atoms with van der Waals surface area (Å²) in [5.74, 6) is 0. The SMILES string of the molecule is [AlH3].[CH3][Y].[Ti]. The first kappa shape index (κ1) is 16.2. The summed E-state index contributed by atoms with van der Waals surface area (Å²) >= 11 is 1.35. The first-order valence-corrected chi connectivity index (χ1v) is 3.42. The molecule has 0 heterocycles. The van der Waals surface area contributed by atoms with E-state index in [0.717, 1.165) is 0 Å². The minimum absolute atomic E-state index is 0. The predicted octanol–water partition coefficient (Wildman–Crippen LogP) is -0.605. The molecule has 0 aromatic heterocycles. The summed E-state index contributed by atoms with van der Waals surface area (Å²) in [6.45, 7) is 0. The standard InChI is InChI=1S/CH3.Al.Ti.Y.3H/h1H3;;;;;;. The van der Waals surface area contributed by atoms with Crippen molar-refractivity contribution < 1.29 is 52.7 Å². The van der Waals surface area contributed by atoms with E-state index in [4.69, 9.17) is 0 Å². The van der Waals surface area contributed by atoms with Crippen molar-refractivity contribution in [3.63, 3.8) is 0 Å². The van der Waals surface area contributed by atoms with Crippen molar-refractivity contribution >= 4 is 17.4 Å². The molecule has 0 amide bonds. The van der Waals surface area contributed by atoms with Gasteiger partial charge in [-0.3, -0.25) is 0 Å². The maximum absolute atomic E-state index is 2.13. The molecule has 0 bridgehead atoms. The average Bonchev–Trinajstić information content (AvgIpc) is 1.00. The number of hydrogen-bond acceptors (Lipinski definition) is 0. The summed E-state index contributed by atoms with van der Waals surface area (Å²) in [7, 11) is 0. The van der Waals surface area contributed by atoms with Gasteiger partial charge in [-0.15, -0.1) is 0 Å². The van der Waals surface area contributed by atoms with Gasteiger partial charge >= 0.3 is 34.7 Å². The second-order valence-electron chi connectivity index (χ2n) is 0. The maximum atomic E-state index is 2.13. The van der Waals surface area contributed by atoms with Crippen LogP contribution in [0.2, 0.25) is 3.73 Å². The topological polar surface area (TPSA) is 0 Å². The van der Waals surface area contributed by atoms with Gasteiger partial charge < -0.3 is 0 Å². The predicted molar refractivity (Wildman–Crippen MR) is 15.8 cm³/mol. The normalized spacial score (nSPS) is 1.00. The minimum atomic E-state index is 0. The molecule has 0 nitrogen and oxygen atoms in total. The van der Waals surface area contributed by atoms with E-state index in [1.165, 1.54) is 31.0 Å². The summed E-state index contributed by atoms with van der Waals surface area (Å²) in [6, 6.07) is 0. The molecule has 0 radical (unpaired) electrons. The Labute approximate surface area is 72.6 Å². The molecule has 0 unspecified atom stereocenters. The van der Waals surface area contributed by atoms with E-state index in [2.05, 4.69) is 3.73 Å². The van der Waals surface area contributed by atoms with E-state index in [1.54, 1.807) is 0 Å². The zero-order valence-corrected chi connectivity index (χ0v) is 6.48. The molecule has 0 N–H and O–H groups in total. The van der Waals surface area contributed by atoms with Crippen LogP contribution in [0.25, 0.3) is 0 Å². The second kappa shape index (κ2) is 18.3. The van der Waals surface area contributed by atoms with Crippen molar-refractivity contribution in [3.05, 3.63) is 0 Å². The summed E-state index contributed by atoms with van der Waals surface area (Å²) in [6.07, 6.45) is 0. The minimum Gasteiger partial charge on any atom is 0 e. The van der Waals surface area contributed by atoms with Crippen LogP contribution in [-0.2, 0) is 52.7 Å². The number of hydrogen-bond donors (Lipinski definition) is 0. The van der Waals surface area contributed by atoms with Crippen molar-refractivity contribution in [1.29, 1.82) is 0 Å². The van der Waals surface area contributed by atoms with Crippen LogP contribution in [0.15, 0.2) is 0 Å². The van der Waals surface area contributed by atoms with Crippen molar-refractivity contribution in [3.8, 4) is 0 Å². The van der Waals surface area contributed by atoms with Crippen molar-refractivity contribution in [2.24, 2.45) is 0 Å². The molecular formula is CH6AlTiY. The van der Waals surface area contributed by atoms with Gasteiger partial charge in [-0.05, 0) is 0 Å². The van der Waals surface area contributed by atoms with Gasteiger partial charge in [0.25, 0.3) is 0 Å². The maximum Gasteiger partial charge on any atom is 0 e. The molecule has 0 atom stereocenters. The molecule has 0 saturated heterocycles. The number of rotatable bonds is 0. The van der Waals surface area contributed by atoms with Crippen LogP contribution in [0.3, 0.4) is 0 Å². The van der Waals surface area contributed by atoms with Crippen LogP contribution in [0, 0.1) is 0 Å². The summed E-state index contributed by atoms with van der Waals surface area (Å²) in [4.78, 5) is 0. The Kier molecular flexibility index (Phi) is 74.2. The van der Waals surface area contributed by atoms with Crippen LogP contribution in [0.5, 0.6) is 0 Å². The molecule has 0 saturated carbocycles. The van der Waals surface area contributed by atoms with Crippen LogP contribution >= 0.6 is 0 Å². The Morgan fingerprint density at radius 3 is 1.25 bits per heavy atom. The van der Waals surface area contributed by atoms with E-state index in [-0.39, 0.29) is 39.1 Å². The van der Waals surface area contributed by atoms with Crippen LogP contribution in [-0.4, -0.2) is 17.4 Å². The van der Waals surface area contributed by atoms with Crippen LogP contribution in [0.1, 0.15) is 0 Å². The molecular weight excluding hydrogens is 176 g/mol. The van der Waals surface area contributed by atoms with Crippen molar-refractivity contribution in [1.82, 2.24) is 0 Å². The first-order valence-electron chi connectivity index (χ1n) is 0.577. The van der Waals surface area contributed by atoms with Gasteiger partial charge in [-0.25, -0.2) is 0 Å². The third-order valence-corrected chi connectivity index (χ3v) is 0. The molecule has 0 spiro atoms. The molecule has 0 aliphatic rings. The molecule has 0 fully saturated rings. The smallest absolute Gasteiger partial charge is 0 e. The quantitative estimate of drug-likeness (QED) is 0.438. The van der Waals surface area contributed by atoms with E-state index >= 15 is 0 Å². The fourth-order valence-corrected chi connectivity index (χ4v) is 0. The largest absolute Gasteiger partial charge is 0 e. The van der Waals surface area contributed by atoms with Crippen molar-refractivity contribution in [2.45, 2.75) is 3.73 Å². The summed E-state index contributed by atoms with van der Waals surface area (Å²) in [5.41, 5.74) is 0. The molecule has 20 valence electrons. The van der Waals surface area contributed by atoms with Crippen molar-refractivity contribution in [2.75, 3.05) is 0 Å². The molecule has 0 aliphatic heterocycles. The summed E-state index contributed by atoms with van der Waals surface area (Å²) < 4.78 is 2.13. The molecule has 0 rings (SSSR count). The molecule has 0 aromatic rings. The fourth-order valence-electron chi connectivity index (χ4n) is 0. The summed E-state index contributed by atoms with van der Waals surface area (Å²) in [5, 5.41) is 0. The molecule has 3 heteroatoms. The van der Waals surface area contributed by atoms with E-state index in [9.17, 15) is 0 Å². The Balaban J connectivity index is -0.00000000500. The fraction of sp³-hybridized carbons (Fsp3) is 1.00. The van der Waals surface area contributed by atoms with Gasteiger partial charge in [0.05, 0.1) is 0 Å².